The zero-order chi connectivity index (χ0) is 20.8. The SMILES string of the molecule is [C-]#[N+]/C(C#N)=c1/nc2ccc3cc4c(ccc5n/c(=C(/C#N)[N+]#[C-])[se]c54)cc3c2[se]1. The Kier molecular flexibility index (Phi) is 4.24. The van der Waals surface area contributed by atoms with Crippen LogP contribution in [0.25, 0.3) is 62.2 Å². The van der Waals surface area contributed by atoms with Crippen molar-refractivity contribution in [1.29, 1.82) is 10.5 Å². The van der Waals surface area contributed by atoms with E-state index in [1.165, 1.54) is 0 Å². The summed E-state index contributed by atoms with van der Waals surface area (Å²) in [5.41, 5.74) is 1.79. The second-order valence-electron chi connectivity index (χ2n) is 6.30. The Labute approximate surface area is 181 Å². The van der Waals surface area contributed by atoms with Gasteiger partial charge in [-0.1, -0.05) is 0 Å². The fourth-order valence-electron chi connectivity index (χ4n) is 3.36. The van der Waals surface area contributed by atoms with E-state index in [0.29, 0.717) is 8.45 Å². The molecule has 0 unspecified atom stereocenters. The zero-order valence-corrected chi connectivity index (χ0v) is 18.4. The average Bonchev–Trinajstić information content (AvgIpc) is 3.39. The second-order valence-corrected chi connectivity index (χ2v) is 10.5. The predicted octanol–water partition coefficient (Wildman–Crippen LogP) is 2.31. The Balaban J connectivity index is 1.90. The number of hydrogen-bond acceptors (Lipinski definition) is 4. The number of rotatable bonds is 0. The molecule has 0 N–H and O–H groups in total. The van der Waals surface area contributed by atoms with Crippen LogP contribution in [0, 0.1) is 35.8 Å². The summed E-state index contributed by atoms with van der Waals surface area (Å²) in [4.78, 5) is 15.7. The Morgan fingerprint density at radius 3 is 1.57 bits per heavy atom. The summed E-state index contributed by atoms with van der Waals surface area (Å²) in [6.45, 7) is 14.4. The van der Waals surface area contributed by atoms with Gasteiger partial charge < -0.3 is 0 Å². The first-order valence-corrected chi connectivity index (χ1v) is 12.0. The van der Waals surface area contributed by atoms with E-state index in [1.807, 2.05) is 36.4 Å². The van der Waals surface area contributed by atoms with Crippen LogP contribution in [0.5, 0.6) is 0 Å². The van der Waals surface area contributed by atoms with Crippen molar-refractivity contribution in [2.24, 2.45) is 0 Å². The Hall–Kier alpha value is -3.74. The molecule has 0 radical (unpaired) electrons. The third kappa shape index (κ3) is 2.66. The van der Waals surface area contributed by atoms with Gasteiger partial charge in [-0.2, -0.15) is 0 Å². The molecule has 0 bridgehead atoms. The Morgan fingerprint density at radius 1 is 0.767 bits per heavy atom. The van der Waals surface area contributed by atoms with Gasteiger partial charge in [0.1, 0.15) is 0 Å². The molecule has 0 aliphatic heterocycles. The minimum absolute atomic E-state index is 0.0645. The summed E-state index contributed by atoms with van der Waals surface area (Å²) < 4.78 is 3.34. The molecule has 5 aromatic rings. The van der Waals surface area contributed by atoms with Crippen LogP contribution in [-0.4, -0.2) is 39.0 Å². The maximum atomic E-state index is 9.18. The van der Waals surface area contributed by atoms with E-state index in [1.54, 1.807) is 0 Å². The van der Waals surface area contributed by atoms with Crippen molar-refractivity contribution in [1.82, 2.24) is 9.97 Å². The molecule has 136 valence electrons. The van der Waals surface area contributed by atoms with E-state index in [2.05, 4.69) is 31.8 Å². The first-order valence-electron chi connectivity index (χ1n) is 8.53. The molecule has 2 heterocycles. The molecule has 5 rings (SSSR count). The third-order valence-electron chi connectivity index (χ3n) is 4.70. The van der Waals surface area contributed by atoms with Gasteiger partial charge in [0.15, 0.2) is 0 Å². The molecule has 2 aromatic heterocycles. The van der Waals surface area contributed by atoms with Gasteiger partial charge in [0.2, 0.25) is 0 Å². The predicted molar refractivity (Wildman–Crippen MR) is 116 cm³/mol. The van der Waals surface area contributed by atoms with Crippen molar-refractivity contribution in [2.45, 2.75) is 0 Å². The molecule has 0 amide bonds. The van der Waals surface area contributed by atoms with Gasteiger partial charge in [-0.3, -0.25) is 0 Å². The van der Waals surface area contributed by atoms with E-state index >= 15 is 0 Å². The summed E-state index contributed by atoms with van der Waals surface area (Å²) in [6.07, 6.45) is 0. The van der Waals surface area contributed by atoms with Gasteiger partial charge in [-0.15, -0.1) is 0 Å². The van der Waals surface area contributed by atoms with E-state index in [-0.39, 0.29) is 40.4 Å². The molecular formula is C22H6N6Se2. The van der Waals surface area contributed by atoms with Crippen molar-refractivity contribution in [3.05, 3.63) is 67.7 Å². The first-order chi connectivity index (χ1) is 14.7. The van der Waals surface area contributed by atoms with Crippen LogP contribution in [0.2, 0.25) is 0 Å². The Morgan fingerprint density at radius 2 is 1.20 bits per heavy atom. The number of hydrogen-bond donors (Lipinski definition) is 0. The number of nitrogens with zero attached hydrogens (tertiary/aromatic N) is 6. The molecule has 0 aliphatic carbocycles. The Bertz CT molecular complexity index is 1680. The zero-order valence-electron chi connectivity index (χ0n) is 15.0. The van der Waals surface area contributed by atoms with Crippen molar-refractivity contribution in [2.75, 3.05) is 0 Å². The molecule has 30 heavy (non-hydrogen) atoms. The molecule has 0 fully saturated rings. The van der Waals surface area contributed by atoms with Crippen molar-refractivity contribution >= 4 is 81.5 Å². The summed E-state index contributed by atoms with van der Waals surface area (Å²) in [6, 6.07) is 16.1. The molecule has 3 aromatic carbocycles. The van der Waals surface area contributed by atoms with Crippen LogP contribution >= 0.6 is 0 Å². The van der Waals surface area contributed by atoms with Crippen LogP contribution in [0.15, 0.2) is 36.4 Å². The van der Waals surface area contributed by atoms with Crippen LogP contribution in [-0.2, 0) is 0 Å². The second kappa shape index (κ2) is 6.95. The van der Waals surface area contributed by atoms with Crippen LogP contribution in [0.3, 0.4) is 0 Å². The van der Waals surface area contributed by atoms with Gasteiger partial charge in [0.25, 0.3) is 0 Å². The van der Waals surface area contributed by atoms with Gasteiger partial charge in [0.05, 0.1) is 0 Å². The fourth-order valence-corrected chi connectivity index (χ4v) is 7.68. The van der Waals surface area contributed by atoms with Crippen molar-refractivity contribution < 1.29 is 0 Å². The average molecular weight is 512 g/mol. The normalized spacial score (nSPS) is 12.9. The summed E-state index contributed by atoms with van der Waals surface area (Å²) in [5, 5.41) is 22.7. The van der Waals surface area contributed by atoms with Gasteiger partial charge in [-0.25, -0.2) is 0 Å². The number of nitriles is 2. The molecule has 0 atom stereocenters. The molecule has 0 saturated carbocycles. The van der Waals surface area contributed by atoms with E-state index < -0.39 is 0 Å². The first kappa shape index (κ1) is 18.3. The topological polar surface area (TPSA) is 82.1 Å². The van der Waals surface area contributed by atoms with Crippen molar-refractivity contribution in [3.8, 4) is 12.1 Å². The van der Waals surface area contributed by atoms with E-state index in [4.69, 9.17) is 13.1 Å². The van der Waals surface area contributed by atoms with Gasteiger partial charge in [-0.05, 0) is 0 Å². The number of benzene rings is 3. The minimum atomic E-state index is -0.193. The standard InChI is InChI=1S/C22H6N6Se2/c1-25-17(9-23)21-27-15-5-3-11-8-14-12(7-13(11)19(15)29-21)4-6-16-20(14)30-22(28-16)18(10-24)26-2/h3-8H/b21-17-,22-18+. The van der Waals surface area contributed by atoms with Crippen LogP contribution in [0.1, 0.15) is 0 Å². The fraction of sp³-hybridized carbons (Fsp3) is 0. The summed E-state index contributed by atoms with van der Waals surface area (Å²) in [7, 11) is 0. The van der Waals surface area contributed by atoms with Crippen molar-refractivity contribution in [3.63, 3.8) is 0 Å². The van der Waals surface area contributed by atoms with Gasteiger partial charge >= 0.3 is 182 Å². The monoisotopic (exact) mass is 514 g/mol. The van der Waals surface area contributed by atoms with Crippen LogP contribution < -0.4 is 8.45 Å². The quantitative estimate of drug-likeness (QED) is 0.181. The van der Waals surface area contributed by atoms with E-state index in [9.17, 15) is 10.5 Å². The third-order valence-corrected chi connectivity index (χ3v) is 9.36. The van der Waals surface area contributed by atoms with Crippen LogP contribution in [0.4, 0.5) is 0 Å². The number of aromatic nitrogens is 2. The van der Waals surface area contributed by atoms with Gasteiger partial charge in [0, 0.05) is 0 Å². The molecular weight excluding hydrogens is 506 g/mol. The molecule has 0 spiro atoms. The maximum absolute atomic E-state index is 9.18. The molecule has 0 saturated heterocycles. The summed E-state index contributed by atoms with van der Waals surface area (Å²) >= 11 is -0.386. The summed E-state index contributed by atoms with van der Waals surface area (Å²) in [5.74, 6) is 0. The molecule has 6 nitrogen and oxygen atoms in total. The van der Waals surface area contributed by atoms with E-state index in [0.717, 1.165) is 41.1 Å². The number of fused-ring (bicyclic) bond motifs is 6. The molecule has 8 heteroatoms. The molecule has 0 aliphatic rings.